The first-order valence-electron chi connectivity index (χ1n) is 7.86. The van der Waals surface area contributed by atoms with Crippen molar-refractivity contribution in [2.75, 3.05) is 14.1 Å². The molecule has 134 valence electrons. The quantitative estimate of drug-likeness (QED) is 0.788. The third-order valence-electron chi connectivity index (χ3n) is 3.98. The molecule has 2 aromatic rings. The van der Waals surface area contributed by atoms with E-state index in [1.807, 2.05) is 13.0 Å². The molecule has 0 saturated heterocycles. The predicted octanol–water partition coefficient (Wildman–Crippen LogP) is 1.89. The number of benzene rings is 2. The normalized spacial score (nSPS) is 13.0. The summed E-state index contributed by atoms with van der Waals surface area (Å²) in [5, 5.41) is 3.35. The smallest absolute Gasteiger partial charge is 0.248 e. The van der Waals surface area contributed by atoms with E-state index in [4.69, 9.17) is 5.73 Å². The number of nitrogens with zero attached hydrogens (tertiary/aromatic N) is 1. The van der Waals surface area contributed by atoms with Crippen LogP contribution in [-0.4, -0.2) is 32.7 Å². The molecule has 0 aliphatic rings. The van der Waals surface area contributed by atoms with Gasteiger partial charge in [-0.2, -0.15) is 0 Å². The Labute approximate surface area is 148 Å². The van der Waals surface area contributed by atoms with Crippen LogP contribution in [0.2, 0.25) is 0 Å². The number of carbonyl (C=O) groups excluding carboxylic acids is 1. The van der Waals surface area contributed by atoms with E-state index in [1.54, 1.807) is 42.5 Å². The van der Waals surface area contributed by atoms with Crippen molar-refractivity contribution in [1.82, 2.24) is 9.62 Å². The van der Waals surface area contributed by atoms with Crippen LogP contribution in [0.15, 0.2) is 53.4 Å². The topological polar surface area (TPSA) is 92.5 Å². The van der Waals surface area contributed by atoms with E-state index in [0.29, 0.717) is 12.1 Å². The van der Waals surface area contributed by atoms with E-state index in [9.17, 15) is 13.2 Å². The number of primary amides is 1. The maximum Gasteiger partial charge on any atom is 0.248 e. The Morgan fingerprint density at radius 3 is 2.36 bits per heavy atom. The summed E-state index contributed by atoms with van der Waals surface area (Å²) in [5.74, 6) is -0.451. The first-order chi connectivity index (χ1) is 11.7. The van der Waals surface area contributed by atoms with Gasteiger partial charge in [-0.05, 0) is 42.3 Å². The van der Waals surface area contributed by atoms with Crippen molar-refractivity contribution in [2.45, 2.75) is 24.4 Å². The molecule has 2 aromatic carbocycles. The highest BCUT2D eigenvalue weighted by Gasteiger charge is 2.17. The second-order valence-electron chi connectivity index (χ2n) is 6.02. The Bertz CT molecular complexity index is 846. The fourth-order valence-electron chi connectivity index (χ4n) is 2.36. The molecule has 0 radical (unpaired) electrons. The molecule has 1 unspecified atom stereocenters. The highest BCUT2D eigenvalue weighted by molar-refractivity contribution is 7.89. The molecule has 0 aliphatic carbocycles. The lowest BCUT2D eigenvalue weighted by molar-refractivity contribution is 0.1000. The molecule has 1 amide bonds. The summed E-state index contributed by atoms with van der Waals surface area (Å²) in [4.78, 5) is 11.5. The fourth-order valence-corrected chi connectivity index (χ4v) is 3.26. The monoisotopic (exact) mass is 361 g/mol. The van der Waals surface area contributed by atoms with E-state index in [2.05, 4.69) is 5.32 Å². The van der Waals surface area contributed by atoms with Crippen LogP contribution >= 0.6 is 0 Å². The summed E-state index contributed by atoms with van der Waals surface area (Å²) in [7, 11) is -0.403. The number of nitrogens with one attached hydrogen (secondary N) is 1. The van der Waals surface area contributed by atoms with E-state index < -0.39 is 15.9 Å². The van der Waals surface area contributed by atoms with Crippen molar-refractivity contribution < 1.29 is 13.2 Å². The van der Waals surface area contributed by atoms with Gasteiger partial charge in [-0.3, -0.25) is 4.79 Å². The molecule has 0 bridgehead atoms. The lowest BCUT2D eigenvalue weighted by atomic mass is 10.1. The minimum atomic E-state index is -3.42. The molecule has 0 aliphatic heterocycles. The maximum atomic E-state index is 12.1. The van der Waals surface area contributed by atoms with Crippen LogP contribution in [0.25, 0.3) is 0 Å². The number of nitrogens with two attached hydrogens (primary N) is 1. The van der Waals surface area contributed by atoms with Crippen molar-refractivity contribution in [3.05, 3.63) is 65.2 Å². The standard InChI is InChI=1S/C18H23N3O3S/c1-13(20-12-14-5-4-6-16(11-14)18(19)22)15-7-9-17(10-8-15)25(23,24)21(2)3/h4-11,13,20H,12H2,1-3H3,(H2,19,22). The van der Waals surface area contributed by atoms with Gasteiger partial charge in [0.1, 0.15) is 0 Å². The van der Waals surface area contributed by atoms with Gasteiger partial charge in [0.05, 0.1) is 4.90 Å². The van der Waals surface area contributed by atoms with Crippen LogP contribution in [-0.2, 0) is 16.6 Å². The molecular formula is C18H23N3O3S. The molecule has 0 aromatic heterocycles. The summed E-state index contributed by atoms with van der Waals surface area (Å²) in [6.07, 6.45) is 0. The van der Waals surface area contributed by atoms with Crippen LogP contribution in [0.3, 0.4) is 0 Å². The number of carbonyl (C=O) groups is 1. The predicted molar refractivity (Wildman–Crippen MR) is 97.5 cm³/mol. The van der Waals surface area contributed by atoms with Gasteiger partial charge >= 0.3 is 0 Å². The molecule has 6 nitrogen and oxygen atoms in total. The second kappa shape index (κ2) is 7.77. The molecule has 2 rings (SSSR count). The first-order valence-corrected chi connectivity index (χ1v) is 9.30. The van der Waals surface area contributed by atoms with Crippen molar-refractivity contribution >= 4 is 15.9 Å². The van der Waals surface area contributed by atoms with Gasteiger partial charge in [-0.15, -0.1) is 0 Å². The Balaban J connectivity index is 2.05. The zero-order chi connectivity index (χ0) is 18.6. The minimum absolute atomic E-state index is 0.0216. The summed E-state index contributed by atoms with van der Waals surface area (Å²) >= 11 is 0. The molecular weight excluding hydrogens is 338 g/mol. The summed E-state index contributed by atoms with van der Waals surface area (Å²) < 4.78 is 25.4. The Morgan fingerprint density at radius 1 is 1.16 bits per heavy atom. The number of rotatable bonds is 7. The van der Waals surface area contributed by atoms with Crippen molar-refractivity contribution in [2.24, 2.45) is 5.73 Å². The highest BCUT2D eigenvalue weighted by Crippen LogP contribution is 2.18. The zero-order valence-corrected chi connectivity index (χ0v) is 15.4. The largest absolute Gasteiger partial charge is 0.366 e. The van der Waals surface area contributed by atoms with Gasteiger partial charge in [0.25, 0.3) is 0 Å². The number of amides is 1. The van der Waals surface area contributed by atoms with E-state index in [0.717, 1.165) is 11.1 Å². The van der Waals surface area contributed by atoms with Crippen molar-refractivity contribution in [3.8, 4) is 0 Å². The molecule has 25 heavy (non-hydrogen) atoms. The third kappa shape index (κ3) is 4.66. The SMILES string of the molecule is CC(NCc1cccc(C(N)=O)c1)c1ccc(S(=O)(=O)N(C)C)cc1. The van der Waals surface area contributed by atoms with Crippen molar-refractivity contribution in [1.29, 1.82) is 0 Å². The molecule has 3 N–H and O–H groups in total. The highest BCUT2D eigenvalue weighted by atomic mass is 32.2. The van der Waals surface area contributed by atoms with Gasteiger partial charge < -0.3 is 11.1 Å². The van der Waals surface area contributed by atoms with Crippen LogP contribution in [0.1, 0.15) is 34.5 Å². The zero-order valence-electron chi connectivity index (χ0n) is 14.6. The molecule has 0 spiro atoms. The van der Waals surface area contributed by atoms with Gasteiger partial charge in [-0.1, -0.05) is 24.3 Å². The number of hydrogen-bond acceptors (Lipinski definition) is 4. The average molecular weight is 361 g/mol. The molecule has 0 saturated carbocycles. The third-order valence-corrected chi connectivity index (χ3v) is 5.81. The number of sulfonamides is 1. The summed E-state index contributed by atoms with van der Waals surface area (Å²) in [6.45, 7) is 2.56. The fraction of sp³-hybridized carbons (Fsp3) is 0.278. The van der Waals surface area contributed by atoms with E-state index >= 15 is 0 Å². The van der Waals surface area contributed by atoms with E-state index in [-0.39, 0.29) is 10.9 Å². The van der Waals surface area contributed by atoms with Gasteiger partial charge in [-0.25, -0.2) is 12.7 Å². The molecule has 1 atom stereocenters. The lowest BCUT2D eigenvalue weighted by Gasteiger charge is -2.16. The minimum Gasteiger partial charge on any atom is -0.366 e. The van der Waals surface area contributed by atoms with Gasteiger partial charge in [0.2, 0.25) is 15.9 Å². The molecule has 7 heteroatoms. The van der Waals surface area contributed by atoms with Gasteiger partial charge in [0.15, 0.2) is 0 Å². The van der Waals surface area contributed by atoms with Crippen molar-refractivity contribution in [3.63, 3.8) is 0 Å². The van der Waals surface area contributed by atoms with Crippen LogP contribution in [0, 0.1) is 0 Å². The molecule has 0 fully saturated rings. The second-order valence-corrected chi connectivity index (χ2v) is 8.18. The van der Waals surface area contributed by atoms with Crippen LogP contribution < -0.4 is 11.1 Å². The van der Waals surface area contributed by atoms with E-state index in [1.165, 1.54) is 18.4 Å². The first kappa shape index (κ1) is 19.1. The van der Waals surface area contributed by atoms with Crippen LogP contribution in [0.4, 0.5) is 0 Å². The molecule has 0 heterocycles. The van der Waals surface area contributed by atoms with Crippen LogP contribution in [0.5, 0.6) is 0 Å². The summed E-state index contributed by atoms with van der Waals surface area (Å²) in [6, 6.07) is 14.0. The number of hydrogen-bond donors (Lipinski definition) is 2. The Hall–Kier alpha value is -2.22. The Morgan fingerprint density at radius 2 is 1.80 bits per heavy atom. The lowest BCUT2D eigenvalue weighted by Crippen LogP contribution is -2.22. The maximum absolute atomic E-state index is 12.1. The van der Waals surface area contributed by atoms with Gasteiger partial charge in [0, 0.05) is 32.2 Å². The summed E-state index contributed by atoms with van der Waals surface area (Å²) in [5.41, 5.74) is 7.69. The Kier molecular flexibility index (Phi) is 5.94. The average Bonchev–Trinajstić information content (AvgIpc) is 2.59.